The Morgan fingerprint density at radius 1 is 1.67 bits per heavy atom. The van der Waals surface area contributed by atoms with E-state index in [2.05, 4.69) is 15.2 Å². The molecule has 0 spiro atoms. The molecule has 0 bridgehead atoms. The molecule has 6 heavy (non-hydrogen) atoms. The summed E-state index contributed by atoms with van der Waals surface area (Å²) < 4.78 is 0. The zero-order valence-corrected chi connectivity index (χ0v) is 3.16. The second kappa shape index (κ2) is 1.55. The molecule has 1 aliphatic rings. The summed E-state index contributed by atoms with van der Waals surface area (Å²) in [5.74, 6) is 0. The van der Waals surface area contributed by atoms with Crippen LogP contribution in [0.25, 0.3) is 0 Å². The number of nitrogens with zero attached hydrogens (tertiary/aromatic N) is 2. The molecule has 0 amide bonds. The Morgan fingerprint density at radius 3 is 2.83 bits per heavy atom. The van der Waals surface area contributed by atoms with E-state index in [0.29, 0.717) is 6.61 Å². The minimum Gasteiger partial charge on any atom is -0.375 e. The average Bonchev–Trinajstić information content (AvgIpc) is 1.72. The van der Waals surface area contributed by atoms with Crippen molar-refractivity contribution in [2.24, 2.45) is 10.4 Å². The molecule has 0 unspecified atom stereocenters. The number of rotatable bonds is 0. The number of hydrogen-bond donors (Lipinski definition) is 0. The molecule has 0 aromatic rings. The Kier molecular flexibility index (Phi) is 0.859. The molecule has 3 heteroatoms. The number of hydrogen-bond acceptors (Lipinski definition) is 3. The predicted octanol–water partition coefficient (Wildman–Crippen LogP) is 0.897. The molecule has 0 saturated carbocycles. The van der Waals surface area contributed by atoms with Gasteiger partial charge in [0.05, 0.1) is 6.20 Å². The Labute approximate surface area is 35.3 Å². The molecule has 0 fully saturated rings. The fourth-order valence-corrected chi connectivity index (χ4v) is 0.227. The summed E-state index contributed by atoms with van der Waals surface area (Å²) in [7, 11) is 0. The zero-order chi connectivity index (χ0) is 4.24. The third-order valence-corrected chi connectivity index (χ3v) is 0.448. The first kappa shape index (κ1) is 3.33. The molecule has 0 N–H and O–H groups in total. The third kappa shape index (κ3) is 0.544. The highest BCUT2D eigenvalue weighted by atomic mass is 16.6. The molecule has 0 aromatic carbocycles. The minimum absolute atomic E-state index is 0.559. The van der Waals surface area contributed by atoms with E-state index in [1.54, 1.807) is 12.3 Å². The van der Waals surface area contributed by atoms with E-state index in [9.17, 15) is 0 Å². The first-order valence-corrected chi connectivity index (χ1v) is 1.67. The predicted molar refractivity (Wildman–Crippen MR) is 19.9 cm³/mol. The lowest BCUT2D eigenvalue weighted by Gasteiger charge is -1.90. The van der Waals surface area contributed by atoms with Crippen molar-refractivity contribution >= 4 is 0 Å². The first-order chi connectivity index (χ1) is 3.00. The van der Waals surface area contributed by atoms with Crippen LogP contribution in [0.1, 0.15) is 0 Å². The van der Waals surface area contributed by atoms with Crippen LogP contribution in [-0.2, 0) is 4.84 Å². The Bertz CT molecular complexity index is 74.8. The summed E-state index contributed by atoms with van der Waals surface area (Å²) in [6.45, 7) is 0.559. The van der Waals surface area contributed by atoms with Gasteiger partial charge in [-0.05, 0) is 6.08 Å². The van der Waals surface area contributed by atoms with Crippen molar-refractivity contribution in [3.63, 3.8) is 0 Å². The second-order valence-electron chi connectivity index (χ2n) is 0.878. The largest absolute Gasteiger partial charge is 0.375 e. The van der Waals surface area contributed by atoms with E-state index in [4.69, 9.17) is 0 Å². The van der Waals surface area contributed by atoms with E-state index in [1.165, 1.54) is 0 Å². The lowest BCUT2D eigenvalue weighted by Crippen LogP contribution is -1.81. The lowest BCUT2D eigenvalue weighted by molar-refractivity contribution is 0.147. The van der Waals surface area contributed by atoms with Crippen LogP contribution in [0.2, 0.25) is 0 Å². The summed E-state index contributed by atoms with van der Waals surface area (Å²) in [6, 6.07) is 0. The smallest absolute Gasteiger partial charge is 0.139 e. The molecular formula is C3H4N2O. The van der Waals surface area contributed by atoms with E-state index in [0.717, 1.165) is 0 Å². The van der Waals surface area contributed by atoms with Crippen LogP contribution in [0.5, 0.6) is 0 Å². The van der Waals surface area contributed by atoms with Crippen LogP contribution >= 0.6 is 0 Å². The third-order valence-electron chi connectivity index (χ3n) is 0.448. The SMILES string of the molecule is C1=CN=NOC1. The van der Waals surface area contributed by atoms with Gasteiger partial charge in [-0.25, -0.2) is 0 Å². The minimum atomic E-state index is 0.559. The maximum atomic E-state index is 4.44. The van der Waals surface area contributed by atoms with Crippen LogP contribution in [0.3, 0.4) is 0 Å². The van der Waals surface area contributed by atoms with Gasteiger partial charge in [0, 0.05) is 5.28 Å². The average molecular weight is 84.1 g/mol. The van der Waals surface area contributed by atoms with Gasteiger partial charge >= 0.3 is 0 Å². The van der Waals surface area contributed by atoms with Gasteiger partial charge in [-0.15, -0.1) is 5.11 Å². The molecule has 32 valence electrons. The fourth-order valence-electron chi connectivity index (χ4n) is 0.227. The molecule has 1 aliphatic heterocycles. The molecule has 3 nitrogen and oxygen atoms in total. The molecule has 1 heterocycles. The van der Waals surface area contributed by atoms with E-state index in [-0.39, 0.29) is 0 Å². The molecule has 1 rings (SSSR count). The van der Waals surface area contributed by atoms with E-state index < -0.39 is 0 Å². The highest BCUT2D eigenvalue weighted by Crippen LogP contribution is 1.88. The van der Waals surface area contributed by atoms with Crippen molar-refractivity contribution in [3.05, 3.63) is 12.3 Å². The zero-order valence-electron chi connectivity index (χ0n) is 3.16. The Balaban J connectivity index is 2.46. The molecule has 0 saturated heterocycles. The van der Waals surface area contributed by atoms with Gasteiger partial charge in [0.1, 0.15) is 6.61 Å². The van der Waals surface area contributed by atoms with Gasteiger partial charge in [0.25, 0.3) is 0 Å². The van der Waals surface area contributed by atoms with Gasteiger partial charge in [-0.3, -0.25) is 0 Å². The molecule has 0 aromatic heterocycles. The van der Waals surface area contributed by atoms with E-state index in [1.807, 2.05) is 0 Å². The van der Waals surface area contributed by atoms with Crippen molar-refractivity contribution in [2.45, 2.75) is 0 Å². The van der Waals surface area contributed by atoms with Crippen LogP contribution in [0, 0.1) is 0 Å². The summed E-state index contributed by atoms with van der Waals surface area (Å²) in [5, 5.41) is 6.61. The first-order valence-electron chi connectivity index (χ1n) is 1.67. The van der Waals surface area contributed by atoms with E-state index >= 15 is 0 Å². The van der Waals surface area contributed by atoms with Crippen molar-refractivity contribution in [1.82, 2.24) is 0 Å². The summed E-state index contributed by atoms with van der Waals surface area (Å²) >= 11 is 0. The molecule has 0 atom stereocenters. The standard InChI is InChI=1S/C3H4N2O/c1-2-4-5-6-3-1/h1-2H,3H2. The second-order valence-corrected chi connectivity index (χ2v) is 0.878. The van der Waals surface area contributed by atoms with Crippen molar-refractivity contribution in [1.29, 1.82) is 0 Å². The van der Waals surface area contributed by atoms with Crippen molar-refractivity contribution < 1.29 is 4.84 Å². The van der Waals surface area contributed by atoms with Gasteiger partial charge in [0.15, 0.2) is 0 Å². The Hall–Kier alpha value is -0.860. The summed E-state index contributed by atoms with van der Waals surface area (Å²) in [4.78, 5) is 4.44. The van der Waals surface area contributed by atoms with Crippen LogP contribution in [0.15, 0.2) is 22.7 Å². The van der Waals surface area contributed by atoms with Crippen molar-refractivity contribution in [2.75, 3.05) is 6.61 Å². The van der Waals surface area contributed by atoms with Gasteiger partial charge in [-0.2, -0.15) is 0 Å². The van der Waals surface area contributed by atoms with Gasteiger partial charge in [-0.1, -0.05) is 0 Å². The Morgan fingerprint density at radius 2 is 2.67 bits per heavy atom. The van der Waals surface area contributed by atoms with Gasteiger partial charge < -0.3 is 4.84 Å². The quantitative estimate of drug-likeness (QED) is 0.429. The highest BCUT2D eigenvalue weighted by molar-refractivity contribution is 4.78. The van der Waals surface area contributed by atoms with Crippen molar-refractivity contribution in [3.8, 4) is 0 Å². The topological polar surface area (TPSA) is 34.0 Å². The molecule has 0 radical (unpaired) electrons. The van der Waals surface area contributed by atoms with Crippen LogP contribution < -0.4 is 0 Å². The normalized spacial score (nSPS) is 17.3. The monoisotopic (exact) mass is 84.0 g/mol. The maximum absolute atomic E-state index is 4.44. The van der Waals surface area contributed by atoms with Crippen LogP contribution in [0.4, 0.5) is 0 Å². The summed E-state index contributed by atoms with van der Waals surface area (Å²) in [5.41, 5.74) is 0. The van der Waals surface area contributed by atoms with Crippen LogP contribution in [-0.4, -0.2) is 6.61 Å². The molecular weight excluding hydrogens is 80.0 g/mol. The van der Waals surface area contributed by atoms with Gasteiger partial charge in [0.2, 0.25) is 0 Å². The lowest BCUT2D eigenvalue weighted by atomic mass is 10.7. The maximum Gasteiger partial charge on any atom is 0.139 e. The summed E-state index contributed by atoms with van der Waals surface area (Å²) in [6.07, 6.45) is 3.39. The molecule has 0 aliphatic carbocycles. The highest BCUT2D eigenvalue weighted by Gasteiger charge is 1.78. The fraction of sp³-hybridized carbons (Fsp3) is 0.333.